The zero-order chi connectivity index (χ0) is 19.2. The molecule has 1 heterocycles. The van der Waals surface area contributed by atoms with Gasteiger partial charge in [0.2, 0.25) is 11.8 Å². The summed E-state index contributed by atoms with van der Waals surface area (Å²) >= 11 is 7.02. The van der Waals surface area contributed by atoms with E-state index in [4.69, 9.17) is 11.6 Å². The van der Waals surface area contributed by atoms with E-state index in [1.807, 2.05) is 43.3 Å². The number of aryl methyl sites for hydroxylation is 1. The van der Waals surface area contributed by atoms with Crippen molar-refractivity contribution in [2.24, 2.45) is 10.2 Å². The summed E-state index contributed by atoms with van der Waals surface area (Å²) in [6.07, 6.45) is 1.62. The highest BCUT2D eigenvalue weighted by Crippen LogP contribution is 2.23. The van der Waals surface area contributed by atoms with Gasteiger partial charge in [-0.3, -0.25) is 9.59 Å². The normalized spacial score (nSPS) is 18.1. The summed E-state index contributed by atoms with van der Waals surface area (Å²) in [4.78, 5) is 24.2. The molecule has 0 spiro atoms. The van der Waals surface area contributed by atoms with E-state index in [1.54, 1.807) is 18.3 Å². The maximum Gasteiger partial charge on any atom is 0.240 e. The fourth-order valence-corrected chi connectivity index (χ4v) is 3.44. The molecule has 1 fully saturated rings. The van der Waals surface area contributed by atoms with Gasteiger partial charge in [-0.25, -0.2) is 0 Å². The van der Waals surface area contributed by atoms with Gasteiger partial charge in [-0.2, -0.15) is 5.10 Å². The van der Waals surface area contributed by atoms with Crippen LogP contribution in [0.4, 0.5) is 5.69 Å². The Morgan fingerprint density at radius 1 is 1.30 bits per heavy atom. The molecular weight excluding hydrogens is 384 g/mol. The van der Waals surface area contributed by atoms with Crippen molar-refractivity contribution in [3.8, 4) is 0 Å². The number of carbonyl (C=O) groups excluding carboxylic acids is 2. The van der Waals surface area contributed by atoms with Gasteiger partial charge in [0.1, 0.15) is 5.25 Å². The molecule has 0 saturated carbocycles. The molecule has 0 aliphatic carbocycles. The van der Waals surface area contributed by atoms with E-state index >= 15 is 0 Å². The van der Waals surface area contributed by atoms with Crippen LogP contribution in [0.25, 0.3) is 0 Å². The van der Waals surface area contributed by atoms with E-state index in [0.717, 1.165) is 11.1 Å². The fourth-order valence-electron chi connectivity index (χ4n) is 2.39. The van der Waals surface area contributed by atoms with Crippen molar-refractivity contribution in [2.75, 3.05) is 5.32 Å². The molecule has 1 atom stereocenters. The molecule has 2 aromatic rings. The van der Waals surface area contributed by atoms with Crippen molar-refractivity contribution >= 4 is 52.2 Å². The van der Waals surface area contributed by atoms with Crippen molar-refractivity contribution in [1.82, 2.24) is 5.32 Å². The van der Waals surface area contributed by atoms with Gasteiger partial charge in [0.15, 0.2) is 5.17 Å². The van der Waals surface area contributed by atoms with Crippen LogP contribution in [0, 0.1) is 6.92 Å². The predicted octanol–water partition coefficient (Wildman–Crippen LogP) is 3.60. The number of benzene rings is 2. The molecular formula is C19H17ClN4O2S. The largest absolute Gasteiger partial charge is 0.326 e. The Morgan fingerprint density at radius 2 is 2.07 bits per heavy atom. The minimum Gasteiger partial charge on any atom is -0.326 e. The number of hydrogen-bond donors (Lipinski definition) is 2. The molecule has 138 valence electrons. The van der Waals surface area contributed by atoms with Crippen LogP contribution in [-0.2, 0) is 9.59 Å². The maximum atomic E-state index is 12.2. The summed E-state index contributed by atoms with van der Waals surface area (Å²) in [6, 6.07) is 14.6. The first-order valence-corrected chi connectivity index (χ1v) is 9.46. The molecule has 3 rings (SSSR count). The average molecular weight is 401 g/mol. The summed E-state index contributed by atoms with van der Waals surface area (Å²) in [5, 5.41) is 13.9. The lowest BCUT2D eigenvalue weighted by molar-refractivity contribution is -0.122. The summed E-state index contributed by atoms with van der Waals surface area (Å²) in [6.45, 7) is 1.95. The number of hydrogen-bond acceptors (Lipinski definition) is 5. The van der Waals surface area contributed by atoms with E-state index in [0.29, 0.717) is 15.9 Å². The minimum absolute atomic E-state index is 0.0599. The first-order valence-electron chi connectivity index (χ1n) is 8.20. The van der Waals surface area contributed by atoms with Crippen LogP contribution in [-0.4, -0.2) is 28.4 Å². The molecule has 6 nitrogen and oxygen atoms in total. The number of rotatable bonds is 5. The third-order valence-corrected chi connectivity index (χ3v) is 5.00. The van der Waals surface area contributed by atoms with Crippen LogP contribution < -0.4 is 10.6 Å². The molecule has 1 saturated heterocycles. The molecule has 27 heavy (non-hydrogen) atoms. The third kappa shape index (κ3) is 5.67. The van der Waals surface area contributed by atoms with Crippen LogP contribution in [0.2, 0.25) is 5.02 Å². The number of thioether (sulfide) groups is 1. The summed E-state index contributed by atoms with van der Waals surface area (Å²) in [5.74, 6) is -0.473. The van der Waals surface area contributed by atoms with Crippen molar-refractivity contribution in [3.63, 3.8) is 0 Å². The number of halogens is 1. The number of anilines is 1. The molecule has 0 radical (unpaired) electrons. The van der Waals surface area contributed by atoms with E-state index < -0.39 is 5.25 Å². The molecule has 1 unspecified atom stereocenters. The van der Waals surface area contributed by atoms with Crippen LogP contribution in [0.3, 0.4) is 0 Å². The van der Waals surface area contributed by atoms with Crippen LogP contribution in [0.5, 0.6) is 0 Å². The van der Waals surface area contributed by atoms with Gasteiger partial charge in [0, 0.05) is 17.1 Å². The van der Waals surface area contributed by atoms with Gasteiger partial charge < -0.3 is 10.6 Å². The highest BCUT2D eigenvalue weighted by atomic mass is 35.5. The van der Waals surface area contributed by atoms with Crippen molar-refractivity contribution < 1.29 is 9.59 Å². The number of nitrogens with zero attached hydrogens (tertiary/aromatic N) is 2. The Morgan fingerprint density at radius 3 is 2.81 bits per heavy atom. The van der Waals surface area contributed by atoms with Crippen molar-refractivity contribution in [2.45, 2.75) is 18.6 Å². The Hall–Kier alpha value is -2.64. The smallest absolute Gasteiger partial charge is 0.240 e. The predicted molar refractivity (Wildman–Crippen MR) is 110 cm³/mol. The number of carbonyl (C=O) groups is 2. The average Bonchev–Trinajstić information content (AvgIpc) is 2.96. The highest BCUT2D eigenvalue weighted by molar-refractivity contribution is 8.15. The first kappa shape index (κ1) is 19.1. The molecule has 1 aliphatic rings. The van der Waals surface area contributed by atoms with E-state index in [-0.39, 0.29) is 18.2 Å². The summed E-state index contributed by atoms with van der Waals surface area (Å²) in [5.41, 5.74) is 2.60. The van der Waals surface area contributed by atoms with Crippen molar-refractivity contribution in [1.29, 1.82) is 0 Å². The van der Waals surface area contributed by atoms with Crippen LogP contribution >= 0.6 is 23.4 Å². The van der Waals surface area contributed by atoms with Gasteiger partial charge in [-0.1, -0.05) is 47.6 Å². The standard InChI is InChI=1S/C19H17ClN4O2S/c1-12-3-2-4-15(9-12)22-17(25)10-16-18(26)23-19(27-16)24-21-11-13-5-7-14(20)8-6-13/h2-9,11,16H,10H2,1H3,(H,22,25)(H,23,24,26). The topological polar surface area (TPSA) is 82.9 Å². The van der Waals surface area contributed by atoms with E-state index in [9.17, 15) is 9.59 Å². The molecule has 2 aromatic carbocycles. The number of amidine groups is 1. The third-order valence-electron chi connectivity index (χ3n) is 3.67. The zero-order valence-electron chi connectivity index (χ0n) is 14.5. The Bertz CT molecular complexity index is 912. The second kappa shape index (κ2) is 8.83. The lowest BCUT2D eigenvalue weighted by atomic mass is 10.2. The van der Waals surface area contributed by atoms with E-state index in [2.05, 4.69) is 20.8 Å². The molecule has 1 aliphatic heterocycles. The molecule has 8 heteroatoms. The summed E-state index contributed by atoms with van der Waals surface area (Å²) < 4.78 is 0. The highest BCUT2D eigenvalue weighted by Gasteiger charge is 2.32. The van der Waals surface area contributed by atoms with E-state index in [1.165, 1.54) is 11.8 Å². The SMILES string of the molecule is Cc1cccc(NC(=O)CC2S/C(=N/N=Cc3ccc(Cl)cc3)NC2=O)c1. The van der Waals surface area contributed by atoms with Crippen molar-refractivity contribution in [3.05, 3.63) is 64.7 Å². The molecule has 0 bridgehead atoms. The summed E-state index contributed by atoms with van der Waals surface area (Å²) in [7, 11) is 0. The number of nitrogens with one attached hydrogen (secondary N) is 2. The van der Waals surface area contributed by atoms with Crippen LogP contribution in [0.15, 0.2) is 58.7 Å². The second-order valence-corrected chi connectivity index (χ2v) is 7.55. The van der Waals surface area contributed by atoms with Gasteiger partial charge in [-0.15, -0.1) is 5.10 Å². The lowest BCUT2D eigenvalue weighted by Crippen LogP contribution is -2.28. The van der Waals surface area contributed by atoms with Gasteiger partial charge in [-0.05, 0) is 42.3 Å². The lowest BCUT2D eigenvalue weighted by Gasteiger charge is -2.07. The first-order chi connectivity index (χ1) is 13.0. The van der Waals surface area contributed by atoms with Gasteiger partial charge in [0.25, 0.3) is 0 Å². The molecule has 0 aromatic heterocycles. The Balaban J connectivity index is 1.55. The molecule has 2 amide bonds. The van der Waals surface area contributed by atoms with Gasteiger partial charge in [0.05, 0.1) is 6.21 Å². The van der Waals surface area contributed by atoms with Gasteiger partial charge >= 0.3 is 0 Å². The van der Waals surface area contributed by atoms with Crippen LogP contribution in [0.1, 0.15) is 17.5 Å². The fraction of sp³-hybridized carbons (Fsp3) is 0.158. The second-order valence-electron chi connectivity index (χ2n) is 5.92. The monoisotopic (exact) mass is 400 g/mol. The number of amides is 2. The zero-order valence-corrected chi connectivity index (χ0v) is 16.1. The maximum absolute atomic E-state index is 12.2. The molecule has 2 N–H and O–H groups in total. The Kier molecular flexibility index (Phi) is 6.26. The minimum atomic E-state index is -0.528. The quantitative estimate of drug-likeness (QED) is 0.594. The Labute approximate surface area is 166 Å².